The first kappa shape index (κ1) is 14.4. The summed E-state index contributed by atoms with van der Waals surface area (Å²) >= 11 is 5.70. The van der Waals surface area contributed by atoms with Crippen molar-refractivity contribution in [2.45, 2.75) is 33.3 Å². The first-order chi connectivity index (χ1) is 8.31. The second-order valence-corrected chi connectivity index (χ2v) is 4.91. The van der Waals surface area contributed by atoms with Gasteiger partial charge in [-0.1, -0.05) is 12.2 Å². The molecule has 0 aliphatic heterocycles. The molecule has 0 unspecified atom stereocenters. The van der Waals surface area contributed by atoms with Gasteiger partial charge < -0.3 is 4.74 Å². The summed E-state index contributed by atoms with van der Waals surface area (Å²) in [6, 6.07) is 0. The molecule has 0 bridgehead atoms. The van der Waals surface area contributed by atoms with Crippen molar-refractivity contribution in [3.05, 3.63) is 23.1 Å². The summed E-state index contributed by atoms with van der Waals surface area (Å²) < 4.78 is 5.14. The summed E-state index contributed by atoms with van der Waals surface area (Å²) in [5.41, 5.74) is 0.0922. The monoisotopic (exact) mass is 269 g/mol. The molecular formula is C12H16ClN3O2. The van der Waals surface area contributed by atoms with Gasteiger partial charge in [0.25, 0.3) is 0 Å². The number of aromatic nitrogens is 2. The van der Waals surface area contributed by atoms with Gasteiger partial charge in [0, 0.05) is 11.8 Å². The smallest absolute Gasteiger partial charge is 0.413 e. The van der Waals surface area contributed by atoms with E-state index < -0.39 is 11.7 Å². The van der Waals surface area contributed by atoms with Crippen LogP contribution in [0.1, 0.15) is 33.3 Å². The van der Waals surface area contributed by atoms with Gasteiger partial charge in [0.1, 0.15) is 11.4 Å². The van der Waals surface area contributed by atoms with E-state index in [9.17, 15) is 4.79 Å². The molecule has 0 radical (unpaired) electrons. The summed E-state index contributed by atoms with van der Waals surface area (Å²) in [4.78, 5) is 19.4. The number of amides is 1. The number of halogens is 1. The van der Waals surface area contributed by atoms with Gasteiger partial charge >= 0.3 is 6.09 Å². The number of rotatable bonds is 2. The van der Waals surface area contributed by atoms with Gasteiger partial charge in [0.05, 0.1) is 0 Å². The Kier molecular flexibility index (Phi) is 4.67. The molecule has 1 N–H and O–H groups in total. The summed E-state index contributed by atoms with van der Waals surface area (Å²) in [6.45, 7) is 7.21. The van der Waals surface area contributed by atoms with Crippen molar-refractivity contribution in [2.24, 2.45) is 0 Å². The molecular weight excluding hydrogens is 254 g/mol. The van der Waals surface area contributed by atoms with E-state index in [2.05, 4.69) is 15.3 Å². The number of hydrogen-bond donors (Lipinski definition) is 1. The Morgan fingerprint density at radius 3 is 2.72 bits per heavy atom. The van der Waals surface area contributed by atoms with Crippen molar-refractivity contribution in [3.63, 3.8) is 0 Å². The molecule has 1 aromatic rings. The van der Waals surface area contributed by atoms with Crippen molar-refractivity contribution < 1.29 is 9.53 Å². The molecule has 1 heterocycles. The molecule has 6 heteroatoms. The average molecular weight is 270 g/mol. The Morgan fingerprint density at radius 1 is 1.50 bits per heavy atom. The van der Waals surface area contributed by atoms with Gasteiger partial charge in [0.15, 0.2) is 0 Å². The topological polar surface area (TPSA) is 64.1 Å². The van der Waals surface area contributed by atoms with Crippen LogP contribution in [-0.4, -0.2) is 21.7 Å². The molecule has 0 aliphatic carbocycles. The fourth-order valence-corrected chi connectivity index (χ4v) is 1.30. The number of allylic oxidation sites excluding steroid dienone is 1. The highest BCUT2D eigenvalue weighted by atomic mass is 35.5. The Labute approximate surface area is 111 Å². The van der Waals surface area contributed by atoms with Crippen LogP contribution < -0.4 is 5.32 Å². The molecule has 0 saturated carbocycles. The van der Waals surface area contributed by atoms with Crippen LogP contribution >= 0.6 is 11.6 Å². The fraction of sp³-hybridized carbons (Fsp3) is 0.417. The Balaban J connectivity index is 2.89. The molecule has 1 aromatic heterocycles. The second kappa shape index (κ2) is 5.82. The number of hydrogen-bond acceptors (Lipinski definition) is 4. The van der Waals surface area contributed by atoms with Crippen molar-refractivity contribution in [3.8, 4) is 0 Å². The number of ether oxygens (including phenoxy) is 1. The maximum Gasteiger partial charge on any atom is 0.413 e. The number of nitrogens with zero attached hydrogens (tertiary/aromatic N) is 2. The lowest BCUT2D eigenvalue weighted by Gasteiger charge is -2.19. The molecule has 98 valence electrons. The van der Waals surface area contributed by atoms with Crippen LogP contribution in [0.15, 0.2) is 12.3 Å². The van der Waals surface area contributed by atoms with E-state index in [0.717, 1.165) is 0 Å². The maximum atomic E-state index is 11.6. The largest absolute Gasteiger partial charge is 0.444 e. The van der Waals surface area contributed by atoms with E-state index in [1.54, 1.807) is 26.8 Å². The standard InChI is InChI=1S/C12H16ClN3O2/c1-5-6-8-7-14-10(13)15-9(8)16-11(17)18-12(2,3)4/h5-7H,1-4H3,(H,14,15,16,17)/b6-5+. The molecule has 0 saturated heterocycles. The number of anilines is 1. The molecule has 0 spiro atoms. The number of carbonyl (C=O) groups is 1. The SMILES string of the molecule is C/C=C/c1cnc(Cl)nc1NC(=O)OC(C)(C)C. The molecule has 1 amide bonds. The van der Waals surface area contributed by atoms with E-state index in [1.165, 1.54) is 6.20 Å². The lowest BCUT2D eigenvalue weighted by atomic mass is 10.2. The molecule has 0 fully saturated rings. The zero-order valence-electron chi connectivity index (χ0n) is 10.8. The zero-order valence-corrected chi connectivity index (χ0v) is 11.6. The first-order valence-electron chi connectivity index (χ1n) is 5.47. The van der Waals surface area contributed by atoms with Gasteiger partial charge in [-0.3, -0.25) is 5.32 Å². The molecule has 0 atom stereocenters. The zero-order chi connectivity index (χ0) is 13.8. The van der Waals surface area contributed by atoms with E-state index in [-0.39, 0.29) is 5.28 Å². The maximum absolute atomic E-state index is 11.6. The van der Waals surface area contributed by atoms with Crippen molar-refractivity contribution in [1.29, 1.82) is 0 Å². The Hall–Kier alpha value is -1.62. The predicted molar refractivity (Wildman–Crippen MR) is 71.6 cm³/mol. The lowest BCUT2D eigenvalue weighted by Crippen LogP contribution is -2.27. The summed E-state index contributed by atoms with van der Waals surface area (Å²) in [6.07, 6.45) is 4.53. The molecule has 5 nitrogen and oxygen atoms in total. The van der Waals surface area contributed by atoms with Crippen molar-refractivity contribution >= 4 is 29.6 Å². The minimum Gasteiger partial charge on any atom is -0.444 e. The van der Waals surface area contributed by atoms with Crippen molar-refractivity contribution in [1.82, 2.24) is 9.97 Å². The molecule has 18 heavy (non-hydrogen) atoms. The highest BCUT2D eigenvalue weighted by Gasteiger charge is 2.17. The van der Waals surface area contributed by atoms with Crippen molar-refractivity contribution in [2.75, 3.05) is 5.32 Å². The minimum atomic E-state index is -0.581. The van der Waals surface area contributed by atoms with Crippen LogP contribution in [-0.2, 0) is 4.74 Å². The quantitative estimate of drug-likeness (QED) is 0.835. The highest BCUT2D eigenvalue weighted by Crippen LogP contribution is 2.17. The summed E-state index contributed by atoms with van der Waals surface area (Å²) in [5, 5.41) is 2.61. The van der Waals surface area contributed by atoms with E-state index >= 15 is 0 Å². The molecule has 0 aromatic carbocycles. The van der Waals surface area contributed by atoms with Gasteiger partial charge in [-0.25, -0.2) is 9.78 Å². The van der Waals surface area contributed by atoms with Crippen LogP contribution in [0.5, 0.6) is 0 Å². The van der Waals surface area contributed by atoms with E-state index in [1.807, 2.05) is 13.0 Å². The Bertz CT molecular complexity index is 467. The van der Waals surface area contributed by atoms with E-state index in [4.69, 9.17) is 16.3 Å². The molecule has 1 rings (SSSR count). The third-order valence-electron chi connectivity index (χ3n) is 1.75. The third kappa shape index (κ3) is 4.71. The van der Waals surface area contributed by atoms with Gasteiger partial charge in [0.2, 0.25) is 5.28 Å². The fourth-order valence-electron chi connectivity index (χ4n) is 1.17. The van der Waals surface area contributed by atoms with Gasteiger partial charge in [-0.15, -0.1) is 0 Å². The van der Waals surface area contributed by atoms with E-state index in [0.29, 0.717) is 11.4 Å². The average Bonchev–Trinajstić information content (AvgIpc) is 2.19. The predicted octanol–water partition coefficient (Wildman–Crippen LogP) is 3.51. The summed E-state index contributed by atoms with van der Waals surface area (Å²) in [7, 11) is 0. The third-order valence-corrected chi connectivity index (χ3v) is 1.94. The summed E-state index contributed by atoms with van der Waals surface area (Å²) in [5.74, 6) is 0.322. The number of nitrogens with one attached hydrogen (secondary N) is 1. The van der Waals surface area contributed by atoms with Crippen LogP contribution in [0.4, 0.5) is 10.6 Å². The normalized spacial score (nSPS) is 11.6. The Morgan fingerprint density at radius 2 is 2.17 bits per heavy atom. The first-order valence-corrected chi connectivity index (χ1v) is 5.85. The lowest BCUT2D eigenvalue weighted by molar-refractivity contribution is 0.0635. The van der Waals surface area contributed by atoms with Crippen LogP contribution in [0.25, 0.3) is 6.08 Å². The molecule has 0 aliphatic rings. The van der Waals surface area contributed by atoms with Crippen LogP contribution in [0.3, 0.4) is 0 Å². The second-order valence-electron chi connectivity index (χ2n) is 4.57. The van der Waals surface area contributed by atoms with Crippen LogP contribution in [0, 0.1) is 0 Å². The van der Waals surface area contributed by atoms with Gasteiger partial charge in [-0.05, 0) is 39.3 Å². The van der Waals surface area contributed by atoms with Crippen LogP contribution in [0.2, 0.25) is 5.28 Å². The number of carbonyl (C=O) groups excluding carboxylic acids is 1. The minimum absolute atomic E-state index is 0.0642. The van der Waals surface area contributed by atoms with Gasteiger partial charge in [-0.2, -0.15) is 4.98 Å². The highest BCUT2D eigenvalue weighted by molar-refractivity contribution is 6.28.